The number of carbonyl (C=O) groups excluding carboxylic acids is 1. The van der Waals surface area contributed by atoms with Gasteiger partial charge in [0.1, 0.15) is 0 Å². The fourth-order valence-corrected chi connectivity index (χ4v) is 0.116. The second kappa shape index (κ2) is 6.18. The van der Waals surface area contributed by atoms with Gasteiger partial charge in [0, 0.05) is 32.7 Å². The van der Waals surface area contributed by atoms with Gasteiger partial charge in [0.25, 0.3) is 0 Å². The van der Waals surface area contributed by atoms with Gasteiger partial charge >= 0.3 is 0 Å². The second-order valence-electron chi connectivity index (χ2n) is 0.805. The minimum absolute atomic E-state index is 0. The zero-order valence-corrected chi connectivity index (χ0v) is 6.76. The first-order chi connectivity index (χ1) is 2.77. The van der Waals surface area contributed by atoms with Crippen LogP contribution in [0.1, 0.15) is 0 Å². The van der Waals surface area contributed by atoms with Crippen LogP contribution in [-0.2, 0) is 37.5 Å². The maximum absolute atomic E-state index is 9.69. The van der Waals surface area contributed by atoms with Crippen molar-refractivity contribution in [3.8, 4) is 0 Å². The molecule has 2 N–H and O–H groups in total. The normalized spacial score (nSPS) is 8.00. The van der Waals surface area contributed by atoms with E-state index in [1.165, 1.54) is 12.2 Å². The van der Waals surface area contributed by atoms with Gasteiger partial charge in [0.2, 0.25) is 0 Å². The molecule has 0 heterocycles. The van der Waals surface area contributed by atoms with Crippen LogP contribution in [-0.4, -0.2) is 5.91 Å². The Labute approximate surface area is 68.0 Å². The summed E-state index contributed by atoms with van der Waals surface area (Å²) in [5.41, 5.74) is 4.64. The Bertz CT molecular complexity index is 79.8. The number of amides is 1. The van der Waals surface area contributed by atoms with Crippen LogP contribution in [0.3, 0.4) is 0 Å². The quantitative estimate of drug-likeness (QED) is 0.435. The number of allylic oxidation sites excluding steroid dienone is 1. The van der Waals surface area contributed by atoms with Crippen LogP contribution in [0.5, 0.6) is 0 Å². The monoisotopic (exact) mass is 173 g/mol. The molecule has 37 valence electrons. The van der Waals surface area contributed by atoms with Gasteiger partial charge < -0.3 is 5.73 Å². The number of hydrogen-bond donors (Lipinski definition) is 1. The molecule has 0 spiro atoms. The van der Waals surface area contributed by atoms with E-state index < -0.39 is 5.91 Å². The summed E-state index contributed by atoms with van der Waals surface area (Å²) in [6.45, 7) is 3.24. The smallest absolute Gasteiger partial charge is 0.159 e. The third kappa shape index (κ3) is 10.7. The third-order valence-electron chi connectivity index (χ3n) is 0.282. The van der Waals surface area contributed by atoms with Crippen LogP contribution in [0.2, 0.25) is 0 Å². The van der Waals surface area contributed by atoms with Gasteiger partial charge in [0.05, 0.1) is 0 Å². The zero-order chi connectivity index (χ0) is 4.99. The molecule has 1 radical (unpaired) electrons. The Morgan fingerprint density at radius 2 is 2.14 bits per heavy atom. The molecule has 0 rings (SSSR count). The topological polar surface area (TPSA) is 43.1 Å². The van der Waals surface area contributed by atoms with Crippen LogP contribution in [0.4, 0.5) is 0 Å². The number of carbonyl (C=O) groups is 1. The molecule has 0 aromatic carbocycles. The van der Waals surface area contributed by atoms with Gasteiger partial charge in [-0.1, -0.05) is 0 Å². The Morgan fingerprint density at radius 1 is 1.71 bits per heavy atom. The molecule has 0 aliphatic carbocycles. The average Bonchev–Trinajstić information content (AvgIpc) is 1.35. The summed E-state index contributed by atoms with van der Waals surface area (Å²) in [6, 6.07) is 0. The van der Waals surface area contributed by atoms with Gasteiger partial charge in [0.15, 0.2) is 5.91 Å². The molecule has 0 aliphatic rings. The van der Waals surface area contributed by atoms with Crippen LogP contribution in [0.25, 0.3) is 0 Å². The second-order valence-corrected chi connectivity index (χ2v) is 0.805. The van der Waals surface area contributed by atoms with Gasteiger partial charge in [-0.15, -0.1) is 6.08 Å². The molecule has 0 unspecified atom stereocenters. The number of primary amides is 1. The first-order valence-electron chi connectivity index (χ1n) is 1.52. The van der Waals surface area contributed by atoms with E-state index in [0.717, 1.165) is 0 Å². The molecule has 0 aliphatic heterocycles. The summed E-state index contributed by atoms with van der Waals surface area (Å²) in [5, 5.41) is 0. The average molecular weight is 173 g/mol. The Morgan fingerprint density at radius 3 is 2.14 bits per heavy atom. The Hall–Kier alpha value is 0.184. The van der Waals surface area contributed by atoms with Crippen LogP contribution in [0.15, 0.2) is 12.2 Å². The molecule has 0 atom stereocenters. The van der Waals surface area contributed by atoms with Crippen molar-refractivity contribution in [1.29, 1.82) is 0 Å². The molecule has 2 nitrogen and oxygen atoms in total. The van der Waals surface area contributed by atoms with Gasteiger partial charge in [-0.2, -0.15) is 0 Å². The summed E-state index contributed by atoms with van der Waals surface area (Å²) in [7, 11) is 0. The predicted octanol–water partition coefficient (Wildman–Crippen LogP) is -0.141. The maximum Gasteiger partial charge on any atom is 0.159 e. The van der Waals surface area contributed by atoms with Crippen molar-refractivity contribution in [1.82, 2.24) is 0 Å². The summed E-state index contributed by atoms with van der Waals surface area (Å²) in [5.74, 6) is -0.454. The predicted molar refractivity (Wildman–Crippen MR) is 23.7 cm³/mol. The SMILES string of the molecule is [CH2-]/C=C/C(N)=O.[Y]. The summed E-state index contributed by atoms with van der Waals surface area (Å²) in [6.07, 6.45) is 2.54. The van der Waals surface area contributed by atoms with Gasteiger partial charge in [-0.3, -0.25) is 4.79 Å². The number of rotatable bonds is 1. The van der Waals surface area contributed by atoms with E-state index in [-0.39, 0.29) is 32.7 Å². The molecule has 0 aromatic heterocycles. The van der Waals surface area contributed by atoms with E-state index in [0.29, 0.717) is 0 Å². The van der Waals surface area contributed by atoms with Gasteiger partial charge in [-0.05, 0) is 0 Å². The standard InChI is InChI=1S/C4H6NO.Y/c1-2-3-4(5)6;/h2-3H,1H2,(H2,5,6);/q-1;/b3-2+;. The first-order valence-corrected chi connectivity index (χ1v) is 1.52. The molecule has 3 heteroatoms. The third-order valence-corrected chi connectivity index (χ3v) is 0.282. The van der Waals surface area contributed by atoms with Crippen molar-refractivity contribution < 1.29 is 37.5 Å². The van der Waals surface area contributed by atoms with E-state index >= 15 is 0 Å². The fraction of sp³-hybridized carbons (Fsp3) is 0. The molecular formula is C4H6NOY-. The molecule has 1 amide bonds. The molecule has 0 bridgehead atoms. The van der Waals surface area contributed by atoms with Crippen molar-refractivity contribution >= 4 is 5.91 Å². The Balaban J connectivity index is 0. The van der Waals surface area contributed by atoms with Crippen LogP contribution in [0, 0.1) is 6.92 Å². The first kappa shape index (κ1) is 10.2. The molecule has 7 heavy (non-hydrogen) atoms. The molecule has 0 fully saturated rings. The van der Waals surface area contributed by atoms with Crippen molar-refractivity contribution in [2.24, 2.45) is 5.73 Å². The van der Waals surface area contributed by atoms with Crippen molar-refractivity contribution in [3.63, 3.8) is 0 Å². The van der Waals surface area contributed by atoms with E-state index in [1.807, 2.05) is 0 Å². The zero-order valence-electron chi connectivity index (χ0n) is 3.92. The molecule has 0 aromatic rings. The van der Waals surface area contributed by atoms with E-state index in [1.54, 1.807) is 0 Å². The largest absolute Gasteiger partial charge is 0.381 e. The molecular weight excluding hydrogens is 167 g/mol. The number of nitrogens with two attached hydrogens (primary N) is 1. The van der Waals surface area contributed by atoms with Crippen molar-refractivity contribution in [2.45, 2.75) is 0 Å². The molecule has 0 saturated heterocycles. The van der Waals surface area contributed by atoms with Crippen molar-refractivity contribution in [3.05, 3.63) is 19.1 Å². The minimum atomic E-state index is -0.454. The van der Waals surface area contributed by atoms with E-state index in [2.05, 4.69) is 12.7 Å². The fourth-order valence-electron chi connectivity index (χ4n) is 0.116. The molecule has 0 saturated carbocycles. The van der Waals surface area contributed by atoms with E-state index in [9.17, 15) is 4.79 Å². The number of hydrogen-bond acceptors (Lipinski definition) is 1. The van der Waals surface area contributed by atoms with E-state index in [4.69, 9.17) is 0 Å². The van der Waals surface area contributed by atoms with Crippen LogP contribution < -0.4 is 5.73 Å². The summed E-state index contributed by atoms with van der Waals surface area (Å²) < 4.78 is 0. The van der Waals surface area contributed by atoms with Crippen molar-refractivity contribution in [2.75, 3.05) is 0 Å². The van der Waals surface area contributed by atoms with Crippen LogP contribution >= 0.6 is 0 Å². The summed E-state index contributed by atoms with van der Waals surface area (Å²) in [4.78, 5) is 9.69. The summed E-state index contributed by atoms with van der Waals surface area (Å²) >= 11 is 0. The van der Waals surface area contributed by atoms with Gasteiger partial charge in [-0.25, -0.2) is 13.0 Å². The Kier molecular flexibility index (Phi) is 9.03. The maximum atomic E-state index is 9.69. The minimum Gasteiger partial charge on any atom is -0.381 e.